The molecular formula is C15H19FN2O4. The first kappa shape index (κ1) is 17.8. The predicted molar refractivity (Wildman–Crippen MR) is 80.6 cm³/mol. The zero-order chi connectivity index (χ0) is 16.9. The lowest BCUT2D eigenvalue weighted by Gasteiger charge is -2.25. The van der Waals surface area contributed by atoms with E-state index in [1.54, 1.807) is 0 Å². The van der Waals surface area contributed by atoms with Gasteiger partial charge in [0.25, 0.3) is 5.69 Å². The molecule has 1 unspecified atom stereocenters. The number of carbonyl (C=O) groups is 1. The lowest BCUT2D eigenvalue weighted by atomic mass is 9.89. The summed E-state index contributed by atoms with van der Waals surface area (Å²) in [5, 5.41) is 23.1. The molecule has 0 heterocycles. The van der Waals surface area contributed by atoms with Crippen molar-refractivity contribution in [1.29, 1.82) is 0 Å². The first-order chi connectivity index (χ1) is 10.1. The van der Waals surface area contributed by atoms with Gasteiger partial charge < -0.3 is 10.4 Å². The van der Waals surface area contributed by atoms with E-state index in [0.717, 1.165) is 18.2 Å². The van der Waals surface area contributed by atoms with E-state index in [2.05, 4.69) is 5.32 Å². The van der Waals surface area contributed by atoms with E-state index >= 15 is 0 Å². The number of benzene rings is 1. The van der Waals surface area contributed by atoms with Crippen LogP contribution in [0.5, 0.6) is 0 Å². The van der Waals surface area contributed by atoms with Crippen molar-refractivity contribution in [2.75, 3.05) is 6.54 Å². The summed E-state index contributed by atoms with van der Waals surface area (Å²) in [6.45, 7) is 5.57. The topological polar surface area (TPSA) is 92.5 Å². The minimum atomic E-state index is -0.721. The number of hydrogen-bond donors (Lipinski definition) is 2. The Bertz CT molecular complexity index is 594. The number of amides is 1. The molecule has 1 aromatic carbocycles. The average Bonchev–Trinajstić information content (AvgIpc) is 2.42. The minimum absolute atomic E-state index is 0.0676. The van der Waals surface area contributed by atoms with Crippen molar-refractivity contribution < 1.29 is 19.2 Å². The summed E-state index contributed by atoms with van der Waals surface area (Å²) >= 11 is 0. The maximum Gasteiger partial charge on any atom is 0.279 e. The van der Waals surface area contributed by atoms with Crippen molar-refractivity contribution in [2.24, 2.45) is 5.41 Å². The summed E-state index contributed by atoms with van der Waals surface area (Å²) in [7, 11) is 0. The maximum absolute atomic E-state index is 13.0. The van der Waals surface area contributed by atoms with Crippen molar-refractivity contribution in [2.45, 2.75) is 26.9 Å². The summed E-state index contributed by atoms with van der Waals surface area (Å²) in [6.07, 6.45) is 1.62. The van der Waals surface area contributed by atoms with Crippen LogP contribution in [0.25, 0.3) is 6.08 Å². The van der Waals surface area contributed by atoms with Crippen molar-refractivity contribution in [3.8, 4) is 0 Å². The zero-order valence-electron chi connectivity index (χ0n) is 12.7. The smallest absolute Gasteiger partial charge is 0.279 e. The number of hydrogen-bond acceptors (Lipinski definition) is 4. The van der Waals surface area contributed by atoms with Crippen LogP contribution in [0.3, 0.4) is 0 Å². The number of aliphatic hydroxyl groups excluding tert-OH is 1. The molecule has 0 saturated heterocycles. The summed E-state index contributed by atoms with van der Waals surface area (Å²) in [5.74, 6) is -1.22. The summed E-state index contributed by atoms with van der Waals surface area (Å²) in [6, 6.07) is 3.09. The van der Waals surface area contributed by atoms with Gasteiger partial charge in [0.15, 0.2) is 0 Å². The quantitative estimate of drug-likeness (QED) is 0.496. The van der Waals surface area contributed by atoms with Crippen molar-refractivity contribution in [1.82, 2.24) is 5.32 Å². The number of nitrogens with zero attached hydrogens (tertiary/aromatic N) is 1. The second-order valence-corrected chi connectivity index (χ2v) is 5.92. The first-order valence-corrected chi connectivity index (χ1v) is 6.69. The second-order valence-electron chi connectivity index (χ2n) is 5.92. The number of aliphatic hydroxyl groups is 1. The Morgan fingerprint density at radius 3 is 2.68 bits per heavy atom. The Kier molecular flexibility index (Phi) is 5.76. The van der Waals surface area contributed by atoms with Gasteiger partial charge in [0.2, 0.25) is 5.91 Å². The average molecular weight is 310 g/mol. The zero-order valence-corrected chi connectivity index (χ0v) is 12.7. The van der Waals surface area contributed by atoms with Crippen molar-refractivity contribution in [3.05, 3.63) is 45.8 Å². The monoisotopic (exact) mass is 310 g/mol. The number of nitro benzene ring substituents is 1. The minimum Gasteiger partial charge on any atom is -0.391 e. The van der Waals surface area contributed by atoms with Crippen LogP contribution in [0.15, 0.2) is 24.3 Å². The third-order valence-electron chi connectivity index (χ3n) is 3.07. The second kappa shape index (κ2) is 7.13. The van der Waals surface area contributed by atoms with Crippen LogP contribution in [0.4, 0.5) is 10.1 Å². The molecule has 7 heteroatoms. The SMILES string of the molecule is CC(C)(C)C(O)CNC(=O)/C=C/c1ccc(F)cc1[N+](=O)[O-]. The van der Waals surface area contributed by atoms with Crippen molar-refractivity contribution in [3.63, 3.8) is 0 Å². The Morgan fingerprint density at radius 2 is 2.14 bits per heavy atom. The maximum atomic E-state index is 13.0. The molecule has 2 N–H and O–H groups in total. The van der Waals surface area contributed by atoms with Gasteiger partial charge in [0, 0.05) is 12.6 Å². The molecule has 0 fully saturated rings. The number of nitrogens with one attached hydrogen (secondary N) is 1. The fourth-order valence-corrected chi connectivity index (χ4v) is 1.54. The van der Waals surface area contributed by atoms with Gasteiger partial charge in [0.1, 0.15) is 5.82 Å². The van der Waals surface area contributed by atoms with Crippen LogP contribution in [0.2, 0.25) is 0 Å². The third kappa shape index (κ3) is 5.25. The van der Waals surface area contributed by atoms with E-state index in [4.69, 9.17) is 0 Å². The van der Waals surface area contributed by atoms with E-state index in [1.807, 2.05) is 20.8 Å². The Balaban J connectivity index is 2.73. The van der Waals surface area contributed by atoms with Crippen LogP contribution >= 0.6 is 0 Å². The highest BCUT2D eigenvalue weighted by molar-refractivity contribution is 5.92. The van der Waals surface area contributed by atoms with Crippen LogP contribution in [-0.4, -0.2) is 28.6 Å². The molecular weight excluding hydrogens is 291 g/mol. The molecule has 1 aromatic rings. The van der Waals surface area contributed by atoms with E-state index in [1.165, 1.54) is 12.1 Å². The molecule has 0 aliphatic carbocycles. The Labute approximate surface area is 127 Å². The molecule has 0 radical (unpaired) electrons. The normalized spacial score (nSPS) is 13.1. The van der Waals surface area contributed by atoms with Crippen LogP contribution in [0, 0.1) is 21.3 Å². The van der Waals surface area contributed by atoms with Gasteiger partial charge in [-0.15, -0.1) is 0 Å². The number of halogens is 1. The number of nitro groups is 1. The van der Waals surface area contributed by atoms with Gasteiger partial charge in [-0.3, -0.25) is 14.9 Å². The highest BCUT2D eigenvalue weighted by Crippen LogP contribution is 2.21. The molecule has 0 aliphatic rings. The van der Waals surface area contributed by atoms with Gasteiger partial charge in [-0.2, -0.15) is 0 Å². The van der Waals surface area contributed by atoms with Gasteiger partial charge in [-0.25, -0.2) is 4.39 Å². The van der Waals surface area contributed by atoms with E-state index < -0.39 is 28.4 Å². The highest BCUT2D eigenvalue weighted by Gasteiger charge is 2.22. The van der Waals surface area contributed by atoms with Crippen molar-refractivity contribution >= 4 is 17.7 Å². The fourth-order valence-electron chi connectivity index (χ4n) is 1.54. The predicted octanol–water partition coefficient (Wildman–Crippen LogP) is 2.27. The fraction of sp³-hybridized carbons (Fsp3) is 0.400. The molecule has 1 atom stereocenters. The molecule has 0 aliphatic heterocycles. The number of carbonyl (C=O) groups excluding carboxylic acids is 1. The van der Waals surface area contributed by atoms with Gasteiger partial charge in [-0.1, -0.05) is 20.8 Å². The molecule has 0 saturated carbocycles. The molecule has 1 amide bonds. The molecule has 0 spiro atoms. The molecule has 1 rings (SSSR count). The molecule has 22 heavy (non-hydrogen) atoms. The number of rotatable bonds is 5. The molecule has 120 valence electrons. The first-order valence-electron chi connectivity index (χ1n) is 6.69. The van der Waals surface area contributed by atoms with Gasteiger partial charge in [0.05, 0.1) is 22.7 Å². The van der Waals surface area contributed by atoms with E-state index in [-0.39, 0.29) is 17.5 Å². The molecule has 0 bridgehead atoms. The van der Waals surface area contributed by atoms with Gasteiger partial charge >= 0.3 is 0 Å². The Hall–Kier alpha value is -2.28. The van der Waals surface area contributed by atoms with Crippen LogP contribution < -0.4 is 5.32 Å². The lowest BCUT2D eigenvalue weighted by Crippen LogP contribution is -2.38. The van der Waals surface area contributed by atoms with Crippen LogP contribution in [-0.2, 0) is 4.79 Å². The van der Waals surface area contributed by atoms with E-state index in [0.29, 0.717) is 0 Å². The lowest BCUT2D eigenvalue weighted by molar-refractivity contribution is -0.385. The van der Waals surface area contributed by atoms with E-state index in [9.17, 15) is 24.4 Å². The summed E-state index contributed by atoms with van der Waals surface area (Å²) < 4.78 is 13.0. The summed E-state index contributed by atoms with van der Waals surface area (Å²) in [4.78, 5) is 21.7. The van der Waals surface area contributed by atoms with Crippen LogP contribution in [0.1, 0.15) is 26.3 Å². The molecule has 0 aromatic heterocycles. The van der Waals surface area contributed by atoms with Gasteiger partial charge in [-0.05, 0) is 23.6 Å². The largest absolute Gasteiger partial charge is 0.391 e. The summed E-state index contributed by atoms with van der Waals surface area (Å²) in [5.41, 5.74) is -0.663. The third-order valence-corrected chi connectivity index (χ3v) is 3.07. The highest BCUT2D eigenvalue weighted by atomic mass is 19.1. The molecule has 6 nitrogen and oxygen atoms in total. The standard InChI is InChI=1S/C15H19FN2O4/c1-15(2,3)13(19)9-17-14(20)7-5-10-4-6-11(16)8-12(10)18(21)22/h4-8,13,19H,9H2,1-3H3,(H,17,20)/b7-5+. The Morgan fingerprint density at radius 1 is 1.50 bits per heavy atom.